The van der Waals surface area contributed by atoms with Crippen molar-refractivity contribution in [1.82, 2.24) is 10.3 Å². The van der Waals surface area contributed by atoms with E-state index in [4.69, 9.17) is 9.47 Å². The smallest absolute Gasteiger partial charge is 0.350 e. The Balaban J connectivity index is 2.06. The fourth-order valence-electron chi connectivity index (χ4n) is 1.93. The number of aromatic nitrogens is 1. The molecule has 0 bridgehead atoms. The van der Waals surface area contributed by atoms with Crippen molar-refractivity contribution in [2.24, 2.45) is 0 Å². The van der Waals surface area contributed by atoms with Crippen LogP contribution in [0.25, 0.3) is 0 Å². The van der Waals surface area contributed by atoms with Gasteiger partial charge in [0.05, 0.1) is 13.2 Å². The van der Waals surface area contributed by atoms with Crippen LogP contribution in [0, 0.1) is 0 Å². The van der Waals surface area contributed by atoms with Gasteiger partial charge in [-0.25, -0.2) is 4.98 Å². The number of hydrogen-bond donors (Lipinski definition) is 1. The van der Waals surface area contributed by atoms with E-state index < -0.39 is 11.2 Å². The molecule has 1 aromatic heterocycles. The Labute approximate surface area is 119 Å². The van der Waals surface area contributed by atoms with Gasteiger partial charge in [0.25, 0.3) is 0 Å². The first-order valence-corrected chi connectivity index (χ1v) is 7.32. The van der Waals surface area contributed by atoms with Crippen LogP contribution >= 0.6 is 11.3 Å². The number of rotatable bonds is 6. The lowest BCUT2D eigenvalue weighted by molar-refractivity contribution is -0.137. The quantitative estimate of drug-likeness (QED) is 0.877. The van der Waals surface area contributed by atoms with Crippen molar-refractivity contribution in [3.8, 4) is 0 Å². The van der Waals surface area contributed by atoms with Crippen LogP contribution in [0.2, 0.25) is 0 Å². The summed E-state index contributed by atoms with van der Waals surface area (Å²) in [5.74, 6) is 0. The molecule has 1 atom stereocenters. The largest absolute Gasteiger partial charge is 0.443 e. The minimum absolute atomic E-state index is 0.230. The minimum atomic E-state index is -4.39. The normalized spacial score (nSPS) is 18.6. The first kappa shape index (κ1) is 15.7. The van der Waals surface area contributed by atoms with Crippen molar-refractivity contribution < 1.29 is 22.6 Å². The van der Waals surface area contributed by atoms with Crippen molar-refractivity contribution in [2.75, 3.05) is 19.8 Å². The van der Waals surface area contributed by atoms with Crippen molar-refractivity contribution in [3.05, 3.63) is 16.1 Å². The molecule has 114 valence electrons. The van der Waals surface area contributed by atoms with Gasteiger partial charge in [-0.3, -0.25) is 0 Å². The molecule has 0 aliphatic carbocycles. The molecule has 0 radical (unpaired) electrons. The minimum Gasteiger partial charge on any atom is -0.350 e. The summed E-state index contributed by atoms with van der Waals surface area (Å²) < 4.78 is 48.5. The third-order valence-corrected chi connectivity index (χ3v) is 4.03. The Morgan fingerprint density at radius 3 is 2.70 bits per heavy atom. The fraction of sp³-hybridized carbons (Fsp3) is 0.750. The van der Waals surface area contributed by atoms with Crippen LogP contribution in [-0.2, 0) is 15.7 Å². The van der Waals surface area contributed by atoms with Gasteiger partial charge in [0, 0.05) is 23.5 Å². The molecule has 2 rings (SSSR count). The SMILES string of the molecule is CCCNC(CC1OCCO1)c1cnc(C(F)(F)F)s1. The van der Waals surface area contributed by atoms with E-state index in [1.54, 1.807) is 0 Å². The molecular weight excluding hydrogens is 293 g/mol. The summed E-state index contributed by atoms with van der Waals surface area (Å²) in [5, 5.41) is 2.40. The topological polar surface area (TPSA) is 43.4 Å². The van der Waals surface area contributed by atoms with E-state index in [9.17, 15) is 13.2 Å². The van der Waals surface area contributed by atoms with Crippen LogP contribution in [0.4, 0.5) is 13.2 Å². The second-order valence-corrected chi connectivity index (χ2v) is 5.54. The maximum atomic E-state index is 12.6. The predicted octanol–water partition coefficient (Wildman–Crippen LogP) is 2.97. The van der Waals surface area contributed by atoms with E-state index >= 15 is 0 Å². The predicted molar refractivity (Wildman–Crippen MR) is 68.5 cm³/mol. The summed E-state index contributed by atoms with van der Waals surface area (Å²) in [6, 6.07) is -0.230. The van der Waals surface area contributed by atoms with Crippen LogP contribution in [-0.4, -0.2) is 31.0 Å². The first-order valence-electron chi connectivity index (χ1n) is 6.50. The molecule has 1 aromatic rings. The molecule has 0 aromatic carbocycles. The second kappa shape index (κ2) is 6.84. The summed E-state index contributed by atoms with van der Waals surface area (Å²) in [5.41, 5.74) is 0. The molecule has 1 N–H and O–H groups in total. The van der Waals surface area contributed by atoms with Crippen LogP contribution < -0.4 is 5.32 Å². The molecule has 1 fully saturated rings. The summed E-state index contributed by atoms with van der Waals surface area (Å²) >= 11 is 0.672. The second-order valence-electron chi connectivity index (χ2n) is 4.48. The molecule has 4 nitrogen and oxygen atoms in total. The maximum Gasteiger partial charge on any atom is 0.443 e. The van der Waals surface area contributed by atoms with E-state index in [0.717, 1.165) is 13.0 Å². The van der Waals surface area contributed by atoms with Crippen molar-refractivity contribution in [1.29, 1.82) is 0 Å². The molecule has 1 saturated heterocycles. The zero-order chi connectivity index (χ0) is 14.6. The summed E-state index contributed by atoms with van der Waals surface area (Å²) in [6.45, 7) is 3.78. The lowest BCUT2D eigenvalue weighted by Gasteiger charge is -2.19. The third-order valence-electron chi connectivity index (χ3n) is 2.87. The summed E-state index contributed by atoms with van der Waals surface area (Å²) in [6.07, 6.45) is -2.08. The standard InChI is InChI=1S/C12H17F3N2O2S/c1-2-3-16-8(6-10-18-4-5-19-10)9-7-17-11(20-9)12(13,14)15/h7-8,10,16H,2-6H2,1H3. The molecule has 20 heavy (non-hydrogen) atoms. The van der Waals surface area contributed by atoms with Crippen LogP contribution in [0.15, 0.2) is 6.20 Å². The van der Waals surface area contributed by atoms with Crippen molar-refractivity contribution >= 4 is 11.3 Å². The summed E-state index contributed by atoms with van der Waals surface area (Å²) in [4.78, 5) is 4.02. The Kier molecular flexibility index (Phi) is 5.36. The first-order chi connectivity index (χ1) is 9.50. The highest BCUT2D eigenvalue weighted by Gasteiger charge is 2.35. The van der Waals surface area contributed by atoms with Gasteiger partial charge >= 0.3 is 6.18 Å². The Hall–Kier alpha value is -0.700. The van der Waals surface area contributed by atoms with Gasteiger partial charge in [-0.15, -0.1) is 11.3 Å². The number of hydrogen-bond acceptors (Lipinski definition) is 5. The van der Waals surface area contributed by atoms with E-state index in [0.29, 0.717) is 35.8 Å². The molecule has 0 amide bonds. The number of thiazole rings is 1. The zero-order valence-corrected chi connectivity index (χ0v) is 11.9. The van der Waals surface area contributed by atoms with Crippen LogP contribution in [0.5, 0.6) is 0 Å². The Bertz CT molecular complexity index is 419. The van der Waals surface area contributed by atoms with Gasteiger partial charge in [0.1, 0.15) is 0 Å². The average molecular weight is 310 g/mol. The van der Waals surface area contributed by atoms with E-state index in [1.807, 2.05) is 6.92 Å². The molecule has 2 heterocycles. The van der Waals surface area contributed by atoms with Crippen LogP contribution in [0.1, 0.15) is 35.7 Å². The number of alkyl halides is 3. The Morgan fingerprint density at radius 2 is 2.15 bits per heavy atom. The molecule has 0 spiro atoms. The summed E-state index contributed by atoms with van der Waals surface area (Å²) in [7, 11) is 0. The van der Waals surface area contributed by atoms with E-state index in [1.165, 1.54) is 6.20 Å². The zero-order valence-electron chi connectivity index (χ0n) is 11.1. The van der Waals surface area contributed by atoms with E-state index in [2.05, 4.69) is 10.3 Å². The lowest BCUT2D eigenvalue weighted by Crippen LogP contribution is -2.26. The molecule has 8 heteroatoms. The highest BCUT2D eigenvalue weighted by molar-refractivity contribution is 7.11. The van der Waals surface area contributed by atoms with Crippen LogP contribution in [0.3, 0.4) is 0 Å². The van der Waals surface area contributed by atoms with Gasteiger partial charge < -0.3 is 14.8 Å². The highest BCUT2D eigenvalue weighted by Crippen LogP contribution is 2.35. The molecule has 1 unspecified atom stereocenters. The number of nitrogens with zero attached hydrogens (tertiary/aromatic N) is 1. The van der Waals surface area contributed by atoms with Gasteiger partial charge in [-0.1, -0.05) is 6.92 Å². The average Bonchev–Trinajstić information content (AvgIpc) is 3.04. The van der Waals surface area contributed by atoms with Gasteiger partial charge in [0.2, 0.25) is 0 Å². The number of halogens is 3. The molecule has 1 aliphatic rings. The Morgan fingerprint density at radius 1 is 1.45 bits per heavy atom. The molecule has 0 saturated carbocycles. The number of ether oxygens (including phenoxy) is 2. The van der Waals surface area contributed by atoms with Gasteiger partial charge in [-0.2, -0.15) is 13.2 Å². The lowest BCUT2D eigenvalue weighted by atomic mass is 10.1. The third kappa shape index (κ3) is 4.15. The number of nitrogens with one attached hydrogen (secondary N) is 1. The van der Waals surface area contributed by atoms with E-state index in [-0.39, 0.29) is 12.3 Å². The van der Waals surface area contributed by atoms with Crippen molar-refractivity contribution in [2.45, 2.75) is 38.3 Å². The highest BCUT2D eigenvalue weighted by atomic mass is 32.1. The molecule has 1 aliphatic heterocycles. The van der Waals surface area contributed by atoms with Crippen molar-refractivity contribution in [3.63, 3.8) is 0 Å². The monoisotopic (exact) mass is 310 g/mol. The fourth-order valence-corrected chi connectivity index (χ4v) is 2.80. The van der Waals surface area contributed by atoms with Gasteiger partial charge in [0.15, 0.2) is 11.3 Å². The van der Waals surface area contributed by atoms with Gasteiger partial charge in [-0.05, 0) is 13.0 Å². The molecular formula is C12H17F3N2O2S. The maximum absolute atomic E-state index is 12.6.